The molecule has 0 saturated carbocycles. The molecular formula is C15H21NO4S. The summed E-state index contributed by atoms with van der Waals surface area (Å²) in [7, 11) is 0. The summed E-state index contributed by atoms with van der Waals surface area (Å²) in [6.45, 7) is 5.18. The van der Waals surface area contributed by atoms with Crippen LogP contribution in [0, 0.1) is 0 Å². The van der Waals surface area contributed by atoms with Crippen molar-refractivity contribution in [3.05, 3.63) is 29.8 Å². The van der Waals surface area contributed by atoms with Crippen LogP contribution >= 0.6 is 11.8 Å². The van der Waals surface area contributed by atoms with Gasteiger partial charge in [0.1, 0.15) is 11.6 Å². The number of rotatable bonds is 5. The summed E-state index contributed by atoms with van der Waals surface area (Å²) < 4.78 is 5.08. The molecule has 1 aromatic rings. The average molecular weight is 311 g/mol. The summed E-state index contributed by atoms with van der Waals surface area (Å²) in [6, 6.07) is 6.56. The summed E-state index contributed by atoms with van der Waals surface area (Å²) in [5, 5.41) is 11.6. The minimum atomic E-state index is -1.09. The number of hydrogen-bond donors (Lipinski definition) is 2. The minimum Gasteiger partial charge on any atom is -0.480 e. The van der Waals surface area contributed by atoms with Crippen LogP contribution in [0.1, 0.15) is 26.3 Å². The Morgan fingerprint density at radius 1 is 1.38 bits per heavy atom. The van der Waals surface area contributed by atoms with Gasteiger partial charge in [0.15, 0.2) is 0 Å². The van der Waals surface area contributed by atoms with E-state index in [-0.39, 0.29) is 6.42 Å². The van der Waals surface area contributed by atoms with Gasteiger partial charge >= 0.3 is 12.1 Å². The second-order valence-corrected chi connectivity index (χ2v) is 6.47. The maximum absolute atomic E-state index is 11.7. The lowest BCUT2D eigenvalue weighted by atomic mass is 10.1. The van der Waals surface area contributed by atoms with Crippen LogP contribution in [0.15, 0.2) is 29.2 Å². The van der Waals surface area contributed by atoms with Gasteiger partial charge in [0.25, 0.3) is 0 Å². The number of carboxylic acid groups (broad SMARTS) is 1. The first-order valence-electron chi connectivity index (χ1n) is 6.56. The van der Waals surface area contributed by atoms with Gasteiger partial charge in [-0.1, -0.05) is 12.1 Å². The molecule has 0 bridgehead atoms. The Balaban J connectivity index is 2.74. The monoisotopic (exact) mass is 311 g/mol. The number of benzene rings is 1. The molecule has 0 aromatic heterocycles. The Kier molecular flexibility index (Phi) is 6.08. The highest BCUT2D eigenvalue weighted by Crippen LogP contribution is 2.17. The quantitative estimate of drug-likeness (QED) is 0.818. The fraction of sp³-hybridized carbons (Fsp3) is 0.467. The van der Waals surface area contributed by atoms with Gasteiger partial charge in [-0.25, -0.2) is 9.59 Å². The molecule has 1 aromatic carbocycles. The molecule has 116 valence electrons. The number of carboxylic acids is 1. The average Bonchev–Trinajstić information content (AvgIpc) is 2.36. The molecule has 0 aliphatic heterocycles. The summed E-state index contributed by atoms with van der Waals surface area (Å²) in [5.41, 5.74) is 0.191. The van der Waals surface area contributed by atoms with Crippen molar-refractivity contribution in [2.75, 3.05) is 6.26 Å². The number of ether oxygens (including phenoxy) is 1. The zero-order chi connectivity index (χ0) is 16.0. The van der Waals surface area contributed by atoms with Gasteiger partial charge in [-0.15, -0.1) is 11.8 Å². The molecule has 6 heteroatoms. The first kappa shape index (κ1) is 17.4. The molecule has 1 unspecified atom stereocenters. The molecule has 1 rings (SSSR count). The van der Waals surface area contributed by atoms with Crippen LogP contribution in [0.25, 0.3) is 0 Å². The Bertz CT molecular complexity index is 511. The van der Waals surface area contributed by atoms with E-state index in [1.54, 1.807) is 32.5 Å². The topological polar surface area (TPSA) is 75.6 Å². The Morgan fingerprint density at radius 3 is 2.57 bits per heavy atom. The molecule has 1 atom stereocenters. The number of amides is 1. The van der Waals surface area contributed by atoms with E-state index in [4.69, 9.17) is 4.74 Å². The summed E-state index contributed by atoms with van der Waals surface area (Å²) >= 11 is 1.58. The molecule has 0 heterocycles. The van der Waals surface area contributed by atoms with Gasteiger partial charge in [0.05, 0.1) is 0 Å². The maximum atomic E-state index is 11.7. The normalized spacial score (nSPS) is 12.6. The third kappa shape index (κ3) is 6.53. The Hall–Kier alpha value is -1.69. The van der Waals surface area contributed by atoms with E-state index < -0.39 is 23.7 Å². The predicted octanol–water partition coefficient (Wildman–Crippen LogP) is 2.93. The smallest absolute Gasteiger partial charge is 0.408 e. The van der Waals surface area contributed by atoms with Gasteiger partial charge < -0.3 is 15.2 Å². The number of thioether (sulfide) groups is 1. The molecule has 1 amide bonds. The van der Waals surface area contributed by atoms with Gasteiger partial charge in [-0.05, 0) is 44.7 Å². The fourth-order valence-corrected chi connectivity index (χ4v) is 2.17. The van der Waals surface area contributed by atoms with E-state index in [9.17, 15) is 14.7 Å². The van der Waals surface area contributed by atoms with Gasteiger partial charge in [-0.3, -0.25) is 0 Å². The molecule has 0 fully saturated rings. The minimum absolute atomic E-state index is 0.211. The summed E-state index contributed by atoms with van der Waals surface area (Å²) in [5.74, 6) is -1.09. The lowest BCUT2D eigenvalue weighted by molar-refractivity contribution is -0.139. The molecule has 21 heavy (non-hydrogen) atoms. The molecule has 5 nitrogen and oxygen atoms in total. The molecule has 0 aliphatic carbocycles. The van der Waals surface area contributed by atoms with Crippen molar-refractivity contribution < 1.29 is 19.4 Å². The highest BCUT2D eigenvalue weighted by atomic mass is 32.2. The van der Waals surface area contributed by atoms with Crippen LogP contribution < -0.4 is 5.32 Å². The van der Waals surface area contributed by atoms with Crippen LogP contribution in [0.4, 0.5) is 4.79 Å². The number of alkyl carbamates (subject to hydrolysis) is 1. The highest BCUT2D eigenvalue weighted by Gasteiger charge is 2.24. The maximum Gasteiger partial charge on any atom is 0.408 e. The van der Waals surface area contributed by atoms with Crippen LogP contribution in [0.2, 0.25) is 0 Å². The third-order valence-corrected chi connectivity index (χ3v) is 3.29. The number of nitrogens with one attached hydrogen (secondary N) is 1. The third-order valence-electron chi connectivity index (χ3n) is 2.56. The van der Waals surface area contributed by atoms with Crippen LogP contribution in [0.5, 0.6) is 0 Å². The fourth-order valence-electron chi connectivity index (χ4n) is 1.69. The van der Waals surface area contributed by atoms with Crippen molar-refractivity contribution in [3.63, 3.8) is 0 Å². The lowest BCUT2D eigenvalue weighted by Gasteiger charge is -2.22. The Morgan fingerprint density at radius 2 is 2.05 bits per heavy atom. The van der Waals surface area contributed by atoms with E-state index in [0.29, 0.717) is 0 Å². The first-order chi connectivity index (χ1) is 9.71. The van der Waals surface area contributed by atoms with Gasteiger partial charge in [-0.2, -0.15) is 0 Å². The van der Waals surface area contributed by atoms with E-state index in [1.807, 2.05) is 30.5 Å². The molecular weight excluding hydrogens is 290 g/mol. The van der Waals surface area contributed by atoms with Crippen LogP contribution in [-0.2, 0) is 16.0 Å². The van der Waals surface area contributed by atoms with E-state index in [0.717, 1.165) is 10.5 Å². The van der Waals surface area contributed by atoms with Gasteiger partial charge in [0.2, 0.25) is 0 Å². The Labute approximate surface area is 129 Å². The van der Waals surface area contributed by atoms with Crippen molar-refractivity contribution in [2.45, 2.75) is 43.7 Å². The first-order valence-corrected chi connectivity index (χ1v) is 7.79. The number of hydrogen-bond acceptors (Lipinski definition) is 4. The van der Waals surface area contributed by atoms with E-state index in [1.165, 1.54) is 0 Å². The van der Waals surface area contributed by atoms with Crippen molar-refractivity contribution in [1.29, 1.82) is 0 Å². The van der Waals surface area contributed by atoms with E-state index >= 15 is 0 Å². The SMILES string of the molecule is CSc1cccc(CC(NC(=O)OC(C)(C)C)C(=O)O)c1. The number of aliphatic carboxylic acids is 1. The second-order valence-electron chi connectivity index (χ2n) is 5.59. The standard InChI is InChI=1S/C15H21NO4S/c1-15(2,3)20-14(19)16-12(13(17)18)9-10-6-5-7-11(8-10)21-4/h5-8,12H,9H2,1-4H3,(H,16,19)(H,17,18). The summed E-state index contributed by atoms with van der Waals surface area (Å²) in [4.78, 5) is 24.0. The van der Waals surface area contributed by atoms with Crippen molar-refractivity contribution in [1.82, 2.24) is 5.32 Å². The molecule has 0 aliphatic rings. The lowest BCUT2D eigenvalue weighted by Crippen LogP contribution is -2.44. The summed E-state index contributed by atoms with van der Waals surface area (Å²) in [6.07, 6.45) is 1.44. The predicted molar refractivity (Wildman–Crippen MR) is 82.7 cm³/mol. The van der Waals surface area contributed by atoms with Crippen molar-refractivity contribution in [3.8, 4) is 0 Å². The highest BCUT2D eigenvalue weighted by molar-refractivity contribution is 7.98. The second kappa shape index (κ2) is 7.36. The van der Waals surface area contributed by atoms with Crippen molar-refractivity contribution in [2.24, 2.45) is 0 Å². The van der Waals surface area contributed by atoms with Crippen LogP contribution in [-0.4, -0.2) is 35.1 Å². The van der Waals surface area contributed by atoms with Gasteiger partial charge in [0, 0.05) is 11.3 Å². The van der Waals surface area contributed by atoms with Crippen LogP contribution in [0.3, 0.4) is 0 Å². The number of carbonyl (C=O) groups excluding carboxylic acids is 1. The zero-order valence-electron chi connectivity index (χ0n) is 12.7. The molecule has 0 saturated heterocycles. The zero-order valence-corrected chi connectivity index (χ0v) is 13.5. The molecule has 2 N–H and O–H groups in total. The van der Waals surface area contributed by atoms with E-state index in [2.05, 4.69) is 5.32 Å². The number of carbonyl (C=O) groups is 2. The molecule has 0 radical (unpaired) electrons. The largest absolute Gasteiger partial charge is 0.480 e. The van der Waals surface area contributed by atoms with Crippen molar-refractivity contribution >= 4 is 23.8 Å². The molecule has 0 spiro atoms.